The van der Waals surface area contributed by atoms with Gasteiger partial charge in [0.05, 0.1) is 0 Å². The summed E-state index contributed by atoms with van der Waals surface area (Å²) < 4.78 is 13.5. The molecular weight excluding hydrogens is 397 g/mol. The zero-order valence-electron chi connectivity index (χ0n) is 16.7. The lowest BCUT2D eigenvalue weighted by atomic mass is 9.81. The Bertz CT molecular complexity index is 993. The molecule has 154 valence electrons. The van der Waals surface area contributed by atoms with E-state index in [1.165, 1.54) is 17.7 Å². The van der Waals surface area contributed by atoms with E-state index in [9.17, 15) is 9.18 Å². The van der Waals surface area contributed by atoms with E-state index in [0.717, 1.165) is 31.6 Å². The molecule has 0 radical (unpaired) electrons. The number of carbonyl (C=O) groups excluding carboxylic acids is 1. The first-order chi connectivity index (χ1) is 14.7. The summed E-state index contributed by atoms with van der Waals surface area (Å²) in [6.45, 7) is 3.55. The third kappa shape index (κ3) is 3.77. The molecule has 3 atom stereocenters. The molecule has 1 amide bonds. The van der Waals surface area contributed by atoms with Crippen molar-refractivity contribution < 1.29 is 9.18 Å². The van der Waals surface area contributed by atoms with Crippen LogP contribution in [0.15, 0.2) is 65.6 Å². The Morgan fingerprint density at radius 1 is 1.10 bits per heavy atom. The first kappa shape index (κ1) is 19.4. The predicted molar refractivity (Wildman–Crippen MR) is 116 cm³/mol. The molecule has 2 aromatic heterocycles. The van der Waals surface area contributed by atoms with Crippen molar-refractivity contribution in [2.45, 2.75) is 24.9 Å². The van der Waals surface area contributed by atoms with Gasteiger partial charge < -0.3 is 4.90 Å². The van der Waals surface area contributed by atoms with Crippen LogP contribution in [0.2, 0.25) is 0 Å². The van der Waals surface area contributed by atoms with Crippen molar-refractivity contribution in [1.82, 2.24) is 14.8 Å². The normalized spacial score (nSPS) is 24.0. The van der Waals surface area contributed by atoms with Crippen LogP contribution in [0.5, 0.6) is 0 Å². The minimum atomic E-state index is -0.222. The smallest absolute Gasteiger partial charge is 0.254 e. The van der Waals surface area contributed by atoms with Gasteiger partial charge in [-0.1, -0.05) is 12.1 Å². The number of benzene rings is 1. The van der Waals surface area contributed by atoms with E-state index in [1.807, 2.05) is 12.1 Å². The van der Waals surface area contributed by atoms with Crippen LogP contribution in [-0.2, 0) is 6.54 Å². The maximum atomic E-state index is 13.5. The number of likely N-dealkylation sites (tertiary alicyclic amines) is 2. The van der Waals surface area contributed by atoms with Gasteiger partial charge in [0.25, 0.3) is 5.91 Å². The molecule has 2 saturated heterocycles. The molecule has 0 bridgehead atoms. The largest absolute Gasteiger partial charge is 0.335 e. The Labute approximate surface area is 180 Å². The fourth-order valence-corrected chi connectivity index (χ4v) is 5.71. The molecule has 2 aliphatic rings. The van der Waals surface area contributed by atoms with Gasteiger partial charge in [-0.25, -0.2) is 4.39 Å². The van der Waals surface area contributed by atoms with Gasteiger partial charge in [-0.2, -0.15) is 11.3 Å². The molecule has 0 saturated carbocycles. The molecule has 4 heterocycles. The minimum absolute atomic E-state index is 0.0725. The van der Waals surface area contributed by atoms with Crippen molar-refractivity contribution in [3.8, 4) is 0 Å². The maximum absolute atomic E-state index is 13.5. The van der Waals surface area contributed by atoms with Gasteiger partial charge in [0, 0.05) is 62.0 Å². The van der Waals surface area contributed by atoms with E-state index in [-0.39, 0.29) is 23.7 Å². The van der Waals surface area contributed by atoms with Crippen molar-refractivity contribution in [3.05, 3.63) is 88.1 Å². The van der Waals surface area contributed by atoms with E-state index in [2.05, 4.69) is 31.6 Å². The van der Waals surface area contributed by atoms with E-state index in [0.29, 0.717) is 18.0 Å². The summed E-state index contributed by atoms with van der Waals surface area (Å²) in [4.78, 5) is 21.9. The van der Waals surface area contributed by atoms with Crippen LogP contribution < -0.4 is 0 Å². The summed E-state index contributed by atoms with van der Waals surface area (Å²) in [7, 11) is 0. The number of nitrogens with zero attached hydrogens (tertiary/aromatic N) is 3. The molecule has 2 fully saturated rings. The highest BCUT2D eigenvalue weighted by atomic mass is 32.1. The van der Waals surface area contributed by atoms with Gasteiger partial charge >= 0.3 is 0 Å². The zero-order valence-corrected chi connectivity index (χ0v) is 17.5. The molecule has 3 aromatic rings. The number of aromatic nitrogens is 1. The van der Waals surface area contributed by atoms with Crippen molar-refractivity contribution in [2.75, 3.05) is 19.6 Å². The number of hydrogen-bond donors (Lipinski definition) is 0. The molecule has 0 unspecified atom stereocenters. The van der Waals surface area contributed by atoms with Gasteiger partial charge in [0.15, 0.2) is 0 Å². The average molecular weight is 422 g/mol. The van der Waals surface area contributed by atoms with Crippen molar-refractivity contribution in [3.63, 3.8) is 0 Å². The average Bonchev–Trinajstić information content (AvgIpc) is 3.42. The first-order valence-corrected chi connectivity index (χ1v) is 11.3. The standard InChI is InChI=1S/C24H24FN3OS/c25-20-3-1-18(2-4-20)21-15-28(24(29)19-5-9-26-10-6-19)23-7-11-27(14-22(21)23)13-17-8-12-30-16-17/h1-6,8-10,12,16,21-23H,7,11,13-15H2/t21-,22-,23-/m1/s1. The summed E-state index contributed by atoms with van der Waals surface area (Å²) >= 11 is 1.73. The van der Waals surface area contributed by atoms with Crippen LogP contribution in [-0.4, -0.2) is 46.4 Å². The molecule has 2 aliphatic heterocycles. The van der Waals surface area contributed by atoms with E-state index >= 15 is 0 Å². The van der Waals surface area contributed by atoms with E-state index < -0.39 is 0 Å². The van der Waals surface area contributed by atoms with Gasteiger partial charge in [0.1, 0.15) is 5.82 Å². The lowest BCUT2D eigenvalue weighted by molar-refractivity contribution is 0.0614. The SMILES string of the molecule is O=C(c1ccncc1)N1C[C@H](c2ccc(F)cc2)[C@H]2CN(Cc3ccsc3)CC[C@H]21. The molecule has 4 nitrogen and oxygen atoms in total. The zero-order chi connectivity index (χ0) is 20.5. The Balaban J connectivity index is 1.42. The summed E-state index contributed by atoms with van der Waals surface area (Å²) in [5.74, 6) is 0.407. The quantitative estimate of drug-likeness (QED) is 0.626. The highest BCUT2D eigenvalue weighted by Crippen LogP contribution is 2.42. The molecule has 5 rings (SSSR count). The van der Waals surface area contributed by atoms with Crippen molar-refractivity contribution in [2.24, 2.45) is 5.92 Å². The number of rotatable bonds is 4. The maximum Gasteiger partial charge on any atom is 0.254 e. The second kappa shape index (κ2) is 8.28. The van der Waals surface area contributed by atoms with Crippen LogP contribution in [0.4, 0.5) is 4.39 Å². The molecule has 0 aliphatic carbocycles. The van der Waals surface area contributed by atoms with Gasteiger partial charge in [-0.3, -0.25) is 14.7 Å². The van der Waals surface area contributed by atoms with Gasteiger partial charge in [-0.15, -0.1) is 0 Å². The monoisotopic (exact) mass is 421 g/mol. The highest BCUT2D eigenvalue weighted by molar-refractivity contribution is 7.07. The van der Waals surface area contributed by atoms with E-state index in [1.54, 1.807) is 35.9 Å². The lowest BCUT2D eigenvalue weighted by Gasteiger charge is -2.39. The van der Waals surface area contributed by atoms with Crippen molar-refractivity contribution >= 4 is 17.2 Å². The number of piperidine rings is 1. The third-order valence-electron chi connectivity index (χ3n) is 6.49. The van der Waals surface area contributed by atoms with Crippen molar-refractivity contribution in [1.29, 1.82) is 0 Å². The molecule has 30 heavy (non-hydrogen) atoms. The fraction of sp³-hybridized carbons (Fsp3) is 0.333. The Kier molecular flexibility index (Phi) is 5.35. The van der Waals surface area contributed by atoms with Crippen LogP contribution in [0.1, 0.15) is 33.8 Å². The van der Waals surface area contributed by atoms with Crippen LogP contribution >= 0.6 is 11.3 Å². The number of hydrogen-bond acceptors (Lipinski definition) is 4. The molecule has 6 heteroatoms. The predicted octanol–water partition coefficient (Wildman–Crippen LogP) is 4.41. The minimum Gasteiger partial charge on any atom is -0.335 e. The Hall–Kier alpha value is -2.57. The Morgan fingerprint density at radius 3 is 2.63 bits per heavy atom. The molecule has 0 spiro atoms. The first-order valence-electron chi connectivity index (χ1n) is 10.4. The number of thiophene rings is 1. The molecule has 1 aromatic carbocycles. The van der Waals surface area contributed by atoms with E-state index in [4.69, 9.17) is 0 Å². The van der Waals surface area contributed by atoms with Crippen LogP contribution in [0.3, 0.4) is 0 Å². The molecular formula is C24H24FN3OS. The number of pyridine rings is 1. The second-order valence-corrected chi connectivity index (χ2v) is 9.02. The second-order valence-electron chi connectivity index (χ2n) is 8.24. The number of carbonyl (C=O) groups is 1. The summed E-state index contributed by atoms with van der Waals surface area (Å²) in [5, 5.41) is 4.32. The third-order valence-corrected chi connectivity index (χ3v) is 7.22. The van der Waals surface area contributed by atoms with Crippen LogP contribution in [0, 0.1) is 11.7 Å². The van der Waals surface area contributed by atoms with Gasteiger partial charge in [0.2, 0.25) is 0 Å². The molecule has 0 N–H and O–H groups in total. The highest BCUT2D eigenvalue weighted by Gasteiger charge is 2.47. The number of halogens is 1. The van der Waals surface area contributed by atoms with Gasteiger partial charge in [-0.05, 0) is 58.6 Å². The number of fused-ring (bicyclic) bond motifs is 1. The topological polar surface area (TPSA) is 36.4 Å². The fourth-order valence-electron chi connectivity index (χ4n) is 5.05. The summed E-state index contributed by atoms with van der Waals surface area (Å²) in [6.07, 6.45) is 4.30. The van der Waals surface area contributed by atoms with Crippen LogP contribution in [0.25, 0.3) is 0 Å². The summed E-state index contributed by atoms with van der Waals surface area (Å²) in [6, 6.07) is 12.8. The summed E-state index contributed by atoms with van der Waals surface area (Å²) in [5.41, 5.74) is 3.15. The number of amides is 1. The Morgan fingerprint density at radius 2 is 1.90 bits per heavy atom. The lowest BCUT2D eigenvalue weighted by Crippen LogP contribution is -2.47.